The second-order valence-corrected chi connectivity index (χ2v) is 4.30. The SMILES string of the molecule is N#Cc1ccc(NC(=O)[C@@H]2CCCCN2)c(F)c1. The van der Waals surface area contributed by atoms with Crippen molar-refractivity contribution >= 4 is 11.6 Å². The smallest absolute Gasteiger partial charge is 0.241 e. The fraction of sp³-hybridized carbons (Fsp3) is 0.385. The zero-order valence-corrected chi connectivity index (χ0v) is 9.87. The van der Waals surface area contributed by atoms with Crippen molar-refractivity contribution in [1.82, 2.24) is 5.32 Å². The minimum atomic E-state index is -0.585. The largest absolute Gasteiger partial charge is 0.322 e. The van der Waals surface area contributed by atoms with Gasteiger partial charge in [0.15, 0.2) is 0 Å². The van der Waals surface area contributed by atoms with Crippen LogP contribution in [0.4, 0.5) is 10.1 Å². The van der Waals surface area contributed by atoms with Gasteiger partial charge in [0.05, 0.1) is 23.4 Å². The van der Waals surface area contributed by atoms with E-state index in [0.29, 0.717) is 0 Å². The first-order valence-corrected chi connectivity index (χ1v) is 5.94. The van der Waals surface area contributed by atoms with Crippen molar-refractivity contribution in [2.45, 2.75) is 25.3 Å². The van der Waals surface area contributed by atoms with Crippen molar-refractivity contribution in [2.24, 2.45) is 0 Å². The van der Waals surface area contributed by atoms with E-state index in [9.17, 15) is 9.18 Å². The van der Waals surface area contributed by atoms with Gasteiger partial charge in [-0.25, -0.2) is 4.39 Å². The van der Waals surface area contributed by atoms with Gasteiger partial charge < -0.3 is 10.6 Å². The van der Waals surface area contributed by atoms with Crippen LogP contribution in [-0.4, -0.2) is 18.5 Å². The van der Waals surface area contributed by atoms with Gasteiger partial charge in [0.1, 0.15) is 5.82 Å². The Hall–Kier alpha value is -1.93. The lowest BCUT2D eigenvalue weighted by Gasteiger charge is -2.22. The quantitative estimate of drug-likeness (QED) is 0.837. The Balaban J connectivity index is 2.04. The highest BCUT2D eigenvalue weighted by molar-refractivity contribution is 5.95. The maximum atomic E-state index is 13.6. The Labute approximate surface area is 105 Å². The van der Waals surface area contributed by atoms with Gasteiger partial charge in [0.2, 0.25) is 5.91 Å². The van der Waals surface area contributed by atoms with Gasteiger partial charge in [-0.3, -0.25) is 4.79 Å². The molecule has 1 aliphatic heterocycles. The lowest BCUT2D eigenvalue weighted by molar-refractivity contribution is -0.118. The van der Waals surface area contributed by atoms with E-state index in [4.69, 9.17) is 5.26 Å². The fourth-order valence-corrected chi connectivity index (χ4v) is 1.98. The highest BCUT2D eigenvalue weighted by atomic mass is 19.1. The summed E-state index contributed by atoms with van der Waals surface area (Å²) in [6.07, 6.45) is 2.83. The van der Waals surface area contributed by atoms with Gasteiger partial charge in [-0.1, -0.05) is 6.42 Å². The zero-order chi connectivity index (χ0) is 13.0. The molecule has 4 nitrogen and oxygen atoms in total. The van der Waals surface area contributed by atoms with Gasteiger partial charge in [0.25, 0.3) is 0 Å². The molecule has 1 aromatic carbocycles. The van der Waals surface area contributed by atoms with Crippen LogP contribution in [-0.2, 0) is 4.79 Å². The molecule has 1 aliphatic rings. The number of nitrogens with one attached hydrogen (secondary N) is 2. The Bertz CT molecular complexity index is 489. The molecule has 5 heteroatoms. The van der Waals surface area contributed by atoms with Crippen molar-refractivity contribution in [3.63, 3.8) is 0 Å². The van der Waals surface area contributed by atoms with E-state index < -0.39 is 5.82 Å². The van der Waals surface area contributed by atoms with Crippen molar-refractivity contribution < 1.29 is 9.18 Å². The molecule has 1 atom stereocenters. The summed E-state index contributed by atoms with van der Waals surface area (Å²) in [5, 5.41) is 14.3. The van der Waals surface area contributed by atoms with Gasteiger partial charge in [-0.15, -0.1) is 0 Å². The first kappa shape index (κ1) is 12.5. The highest BCUT2D eigenvalue weighted by Crippen LogP contribution is 2.17. The molecule has 94 valence electrons. The molecule has 1 fully saturated rings. The lowest BCUT2D eigenvalue weighted by Crippen LogP contribution is -2.43. The molecule has 0 aliphatic carbocycles. The Kier molecular flexibility index (Phi) is 3.90. The van der Waals surface area contributed by atoms with Crippen LogP contribution >= 0.6 is 0 Å². The third-order valence-electron chi connectivity index (χ3n) is 2.98. The number of hydrogen-bond donors (Lipinski definition) is 2. The van der Waals surface area contributed by atoms with E-state index in [-0.39, 0.29) is 23.2 Å². The Morgan fingerprint density at radius 3 is 2.94 bits per heavy atom. The minimum Gasteiger partial charge on any atom is -0.322 e. The van der Waals surface area contributed by atoms with Crippen LogP contribution in [0.15, 0.2) is 18.2 Å². The fourth-order valence-electron chi connectivity index (χ4n) is 1.98. The molecular weight excluding hydrogens is 233 g/mol. The van der Waals surface area contributed by atoms with Gasteiger partial charge in [0, 0.05) is 0 Å². The maximum absolute atomic E-state index is 13.6. The monoisotopic (exact) mass is 247 g/mol. The van der Waals surface area contributed by atoms with Crippen molar-refractivity contribution in [3.8, 4) is 6.07 Å². The molecule has 0 unspecified atom stereocenters. The Morgan fingerprint density at radius 2 is 2.33 bits per heavy atom. The number of rotatable bonds is 2. The summed E-state index contributed by atoms with van der Waals surface area (Å²) in [6.45, 7) is 0.813. The van der Waals surface area contributed by atoms with Crippen LogP contribution in [0.1, 0.15) is 24.8 Å². The van der Waals surface area contributed by atoms with Crippen LogP contribution in [0.2, 0.25) is 0 Å². The standard InChI is InChI=1S/C13H14FN3O/c14-10-7-9(8-15)4-5-11(10)17-13(18)12-3-1-2-6-16-12/h4-5,7,12,16H,1-3,6H2,(H,17,18)/t12-/m0/s1. The van der Waals surface area contributed by atoms with Crippen molar-refractivity contribution in [1.29, 1.82) is 5.26 Å². The zero-order valence-electron chi connectivity index (χ0n) is 9.87. The number of amides is 1. The van der Waals surface area contributed by atoms with Crippen molar-refractivity contribution in [2.75, 3.05) is 11.9 Å². The summed E-state index contributed by atoms with van der Waals surface area (Å²) in [5.74, 6) is -0.809. The van der Waals surface area contributed by atoms with Crippen LogP contribution < -0.4 is 10.6 Å². The second kappa shape index (κ2) is 5.61. The number of benzene rings is 1. The van der Waals surface area contributed by atoms with Crippen LogP contribution in [0, 0.1) is 17.1 Å². The maximum Gasteiger partial charge on any atom is 0.241 e. The molecule has 0 aromatic heterocycles. The third-order valence-corrected chi connectivity index (χ3v) is 2.98. The first-order chi connectivity index (χ1) is 8.70. The number of halogens is 1. The van der Waals surface area contributed by atoms with Crippen molar-refractivity contribution in [3.05, 3.63) is 29.6 Å². The number of nitrogens with zero attached hydrogens (tertiary/aromatic N) is 1. The van der Waals surface area contributed by atoms with Gasteiger partial charge in [-0.05, 0) is 37.6 Å². The van der Waals surface area contributed by atoms with Gasteiger partial charge >= 0.3 is 0 Å². The summed E-state index contributed by atoms with van der Waals surface area (Å²) in [5.41, 5.74) is 0.354. The molecule has 1 aromatic rings. The molecule has 0 saturated carbocycles. The summed E-state index contributed by atoms with van der Waals surface area (Å²) >= 11 is 0. The minimum absolute atomic E-state index is 0.117. The Morgan fingerprint density at radius 1 is 1.50 bits per heavy atom. The lowest BCUT2D eigenvalue weighted by atomic mass is 10.0. The average Bonchev–Trinajstić information content (AvgIpc) is 2.42. The molecule has 1 saturated heterocycles. The predicted octanol–water partition coefficient (Wildman–Crippen LogP) is 1.78. The number of nitriles is 1. The second-order valence-electron chi connectivity index (χ2n) is 4.30. The molecular formula is C13H14FN3O. The molecule has 1 amide bonds. The molecule has 1 heterocycles. The average molecular weight is 247 g/mol. The molecule has 2 rings (SSSR count). The summed E-state index contributed by atoms with van der Waals surface area (Å²) in [4.78, 5) is 11.9. The van der Waals surface area contributed by atoms with E-state index in [1.54, 1.807) is 0 Å². The number of anilines is 1. The van der Waals surface area contributed by atoms with Gasteiger partial charge in [-0.2, -0.15) is 5.26 Å². The molecule has 0 spiro atoms. The molecule has 0 radical (unpaired) electrons. The number of hydrogen-bond acceptors (Lipinski definition) is 3. The highest BCUT2D eigenvalue weighted by Gasteiger charge is 2.21. The van der Waals surface area contributed by atoms with E-state index in [1.165, 1.54) is 12.1 Å². The first-order valence-electron chi connectivity index (χ1n) is 5.94. The van der Waals surface area contributed by atoms with Crippen LogP contribution in [0.3, 0.4) is 0 Å². The summed E-state index contributed by atoms with van der Waals surface area (Å²) in [6, 6.07) is 5.60. The third kappa shape index (κ3) is 2.84. The van der Waals surface area contributed by atoms with E-state index in [2.05, 4.69) is 10.6 Å². The van der Waals surface area contributed by atoms with Crippen LogP contribution in [0.25, 0.3) is 0 Å². The number of carbonyl (C=O) groups is 1. The topological polar surface area (TPSA) is 64.9 Å². The van der Waals surface area contributed by atoms with E-state index >= 15 is 0 Å². The van der Waals surface area contributed by atoms with E-state index in [1.807, 2.05) is 6.07 Å². The normalized spacial score (nSPS) is 19.0. The van der Waals surface area contributed by atoms with E-state index in [0.717, 1.165) is 31.9 Å². The number of piperidine rings is 1. The summed E-state index contributed by atoms with van der Waals surface area (Å²) in [7, 11) is 0. The number of carbonyl (C=O) groups excluding carboxylic acids is 1. The van der Waals surface area contributed by atoms with Crippen LogP contribution in [0.5, 0.6) is 0 Å². The predicted molar refractivity (Wildman–Crippen MR) is 65.4 cm³/mol. The summed E-state index contributed by atoms with van der Waals surface area (Å²) < 4.78 is 13.6. The molecule has 18 heavy (non-hydrogen) atoms. The molecule has 2 N–H and O–H groups in total. The molecule has 0 bridgehead atoms.